The van der Waals surface area contributed by atoms with Gasteiger partial charge < -0.3 is 8.83 Å². The second-order valence-electron chi connectivity index (χ2n) is 13.0. The molecule has 0 aliphatic carbocycles. The van der Waals surface area contributed by atoms with Crippen LogP contribution >= 0.6 is 11.3 Å². The van der Waals surface area contributed by atoms with Gasteiger partial charge in [-0.15, -0.1) is 11.3 Å². The molecule has 0 bridgehead atoms. The highest BCUT2D eigenvalue weighted by molar-refractivity contribution is 7.21. The van der Waals surface area contributed by atoms with E-state index in [2.05, 4.69) is 78.9 Å². The van der Waals surface area contributed by atoms with Crippen LogP contribution < -0.4 is 0 Å². The van der Waals surface area contributed by atoms with Crippen LogP contribution in [0.15, 0.2) is 167 Å². The van der Waals surface area contributed by atoms with E-state index < -0.39 is 0 Å². The molecule has 6 nitrogen and oxygen atoms in total. The number of thiazole rings is 1. The zero-order valence-corrected chi connectivity index (χ0v) is 28.8. The highest BCUT2D eigenvalue weighted by Crippen LogP contribution is 2.44. The maximum Gasteiger partial charge on any atom is 0.167 e. The van der Waals surface area contributed by atoms with Crippen LogP contribution in [0, 0.1) is 0 Å². The Bertz CT molecular complexity index is 3150. The van der Waals surface area contributed by atoms with Gasteiger partial charge in [0.15, 0.2) is 17.5 Å². The smallest absolute Gasteiger partial charge is 0.167 e. The Hall–Kier alpha value is -6.96. The summed E-state index contributed by atoms with van der Waals surface area (Å²) in [6, 6.07) is 53.4. The van der Waals surface area contributed by atoms with Crippen molar-refractivity contribution in [3.05, 3.63) is 158 Å². The molecule has 0 amide bonds. The molecule has 0 aliphatic rings. The van der Waals surface area contributed by atoms with E-state index >= 15 is 0 Å². The summed E-state index contributed by atoms with van der Waals surface area (Å²) in [6.07, 6.45) is 0. The second kappa shape index (κ2) is 11.8. The molecule has 0 saturated heterocycles. The molecule has 0 radical (unpaired) electrons. The molecule has 0 aliphatic heterocycles. The monoisotopic (exact) mass is 698 g/mol. The fourth-order valence-electron chi connectivity index (χ4n) is 7.31. The van der Waals surface area contributed by atoms with Crippen molar-refractivity contribution in [1.29, 1.82) is 0 Å². The van der Waals surface area contributed by atoms with Crippen molar-refractivity contribution in [2.45, 2.75) is 0 Å². The number of furan rings is 2. The molecule has 4 heterocycles. The maximum absolute atomic E-state index is 6.97. The fraction of sp³-hybridized carbons (Fsp3) is 0. The topological polar surface area (TPSA) is 77.8 Å². The normalized spacial score (nSPS) is 11.8. The molecule has 0 atom stereocenters. The number of hydrogen-bond donors (Lipinski definition) is 0. The lowest BCUT2D eigenvalue weighted by atomic mass is 9.99. The predicted molar refractivity (Wildman–Crippen MR) is 215 cm³/mol. The Labute approximate surface area is 306 Å². The summed E-state index contributed by atoms with van der Waals surface area (Å²) >= 11 is 1.67. The molecule has 11 rings (SSSR count). The van der Waals surface area contributed by atoms with E-state index in [-0.39, 0.29) is 0 Å². The van der Waals surface area contributed by atoms with Gasteiger partial charge in [0.2, 0.25) is 0 Å². The van der Waals surface area contributed by atoms with Crippen molar-refractivity contribution in [3.8, 4) is 55.9 Å². The predicted octanol–water partition coefficient (Wildman–Crippen LogP) is 12.6. The number of rotatable bonds is 5. The Kier molecular flexibility index (Phi) is 6.62. The van der Waals surface area contributed by atoms with E-state index in [1.807, 2.05) is 78.9 Å². The van der Waals surface area contributed by atoms with Crippen molar-refractivity contribution in [2.75, 3.05) is 0 Å². The third-order valence-electron chi connectivity index (χ3n) is 9.78. The van der Waals surface area contributed by atoms with E-state index in [4.69, 9.17) is 28.8 Å². The molecule has 0 saturated carbocycles. The van der Waals surface area contributed by atoms with Crippen LogP contribution in [-0.2, 0) is 0 Å². The summed E-state index contributed by atoms with van der Waals surface area (Å²) < 4.78 is 14.4. The standard InChI is InChI=1S/C46H26N4O2S/c1-3-13-27(14-4-1)29-25-34-30-18-11-20-33(41(30)52-42(34)35(26-29)46-47-36-21-8-10-24-39(36)53-46)45-49-43(28-15-5-2-6-16-28)48-44(50-45)32-19-12-23-38-40(32)31-17-7-9-22-37(31)51-38/h1-26H. The van der Waals surface area contributed by atoms with Gasteiger partial charge in [0, 0.05) is 32.7 Å². The van der Waals surface area contributed by atoms with Gasteiger partial charge in [-0.1, -0.05) is 115 Å². The Morgan fingerprint density at radius 1 is 0.396 bits per heavy atom. The highest BCUT2D eigenvalue weighted by atomic mass is 32.1. The van der Waals surface area contributed by atoms with Gasteiger partial charge in [-0.05, 0) is 53.6 Å². The summed E-state index contributed by atoms with van der Waals surface area (Å²) in [5, 5.41) is 4.87. The maximum atomic E-state index is 6.97. The molecular weight excluding hydrogens is 673 g/mol. The van der Waals surface area contributed by atoms with E-state index in [1.165, 1.54) is 0 Å². The minimum Gasteiger partial charge on any atom is -0.456 e. The largest absolute Gasteiger partial charge is 0.456 e. The zero-order chi connectivity index (χ0) is 34.9. The number of hydrogen-bond acceptors (Lipinski definition) is 7. The van der Waals surface area contributed by atoms with Crippen molar-refractivity contribution in [2.24, 2.45) is 0 Å². The first-order valence-electron chi connectivity index (χ1n) is 17.4. The van der Waals surface area contributed by atoms with E-state index in [1.54, 1.807) is 11.3 Å². The Morgan fingerprint density at radius 2 is 1.04 bits per heavy atom. The van der Waals surface area contributed by atoms with E-state index in [0.717, 1.165) is 86.9 Å². The molecule has 248 valence electrons. The lowest BCUT2D eigenvalue weighted by molar-refractivity contribution is 0.669. The number of aromatic nitrogens is 4. The molecule has 7 heteroatoms. The first-order chi connectivity index (χ1) is 26.2. The minimum absolute atomic E-state index is 0.521. The number of fused-ring (bicyclic) bond motifs is 7. The first-order valence-corrected chi connectivity index (χ1v) is 18.2. The molecule has 53 heavy (non-hydrogen) atoms. The van der Waals surface area contributed by atoms with Crippen LogP contribution in [-0.4, -0.2) is 19.9 Å². The highest BCUT2D eigenvalue weighted by Gasteiger charge is 2.23. The summed E-state index contributed by atoms with van der Waals surface area (Å²) in [5.74, 6) is 1.65. The van der Waals surface area contributed by atoms with Crippen molar-refractivity contribution >= 4 is 65.4 Å². The van der Waals surface area contributed by atoms with Gasteiger partial charge in [-0.25, -0.2) is 19.9 Å². The van der Waals surface area contributed by atoms with Crippen LogP contribution in [0.2, 0.25) is 0 Å². The van der Waals surface area contributed by atoms with Gasteiger partial charge >= 0.3 is 0 Å². The number of nitrogens with zero attached hydrogens (tertiary/aromatic N) is 4. The van der Waals surface area contributed by atoms with E-state index in [0.29, 0.717) is 23.1 Å². The SMILES string of the molecule is c1ccc(-c2cc(-c3nc4ccccc4s3)c3oc4c(-c5nc(-c6ccccc6)nc(-c6cccc7oc8ccccc8c67)n5)cccc4c3c2)cc1. The fourth-order valence-corrected chi connectivity index (χ4v) is 8.29. The molecule has 0 spiro atoms. The van der Waals surface area contributed by atoms with Gasteiger partial charge in [0.25, 0.3) is 0 Å². The number of para-hydroxylation sites is 3. The lowest BCUT2D eigenvalue weighted by Crippen LogP contribution is -2.00. The van der Waals surface area contributed by atoms with Crippen LogP contribution in [0.1, 0.15) is 0 Å². The van der Waals surface area contributed by atoms with Gasteiger partial charge in [0.05, 0.1) is 21.3 Å². The average molecular weight is 699 g/mol. The summed E-state index contributed by atoms with van der Waals surface area (Å²) in [4.78, 5) is 20.5. The van der Waals surface area contributed by atoms with Crippen molar-refractivity contribution in [1.82, 2.24) is 19.9 Å². The minimum atomic E-state index is 0.521. The Morgan fingerprint density at radius 3 is 1.89 bits per heavy atom. The Balaban J connectivity index is 1.18. The van der Waals surface area contributed by atoms with Crippen molar-refractivity contribution in [3.63, 3.8) is 0 Å². The lowest BCUT2D eigenvalue weighted by Gasteiger charge is -2.09. The van der Waals surface area contributed by atoms with Gasteiger partial charge in [-0.2, -0.15) is 0 Å². The average Bonchev–Trinajstić information content (AvgIpc) is 3.94. The third-order valence-corrected chi connectivity index (χ3v) is 10.9. The molecule has 0 fully saturated rings. The summed E-state index contributed by atoms with van der Waals surface area (Å²) in [7, 11) is 0. The molecule has 0 unspecified atom stereocenters. The van der Waals surface area contributed by atoms with Crippen LogP contribution in [0.4, 0.5) is 0 Å². The molecule has 4 aromatic heterocycles. The zero-order valence-electron chi connectivity index (χ0n) is 28.0. The number of benzene rings is 7. The molecule has 11 aromatic rings. The first kappa shape index (κ1) is 29.7. The molecular formula is C46H26N4O2S. The quantitative estimate of drug-likeness (QED) is 0.178. The van der Waals surface area contributed by atoms with Crippen molar-refractivity contribution < 1.29 is 8.83 Å². The second-order valence-corrected chi connectivity index (χ2v) is 14.0. The van der Waals surface area contributed by atoms with Crippen LogP contribution in [0.3, 0.4) is 0 Å². The van der Waals surface area contributed by atoms with Crippen LogP contribution in [0.25, 0.3) is 110 Å². The summed E-state index contributed by atoms with van der Waals surface area (Å²) in [5.41, 5.74) is 9.75. The van der Waals surface area contributed by atoms with E-state index in [9.17, 15) is 0 Å². The van der Waals surface area contributed by atoms with Gasteiger partial charge in [-0.3, -0.25) is 0 Å². The van der Waals surface area contributed by atoms with Crippen LogP contribution in [0.5, 0.6) is 0 Å². The molecule has 0 N–H and O–H groups in total. The third kappa shape index (κ3) is 4.86. The van der Waals surface area contributed by atoms with Gasteiger partial charge in [0.1, 0.15) is 27.3 Å². The summed E-state index contributed by atoms with van der Waals surface area (Å²) in [6.45, 7) is 0. The molecule has 7 aromatic carbocycles.